The first-order valence-electron chi connectivity index (χ1n) is 8.01. The number of aliphatic hydroxyl groups is 1. The lowest BCUT2D eigenvalue weighted by molar-refractivity contribution is 0.0186. The Morgan fingerprint density at radius 3 is 2.57 bits per heavy atom. The van der Waals surface area contributed by atoms with Gasteiger partial charge < -0.3 is 9.84 Å². The van der Waals surface area contributed by atoms with Gasteiger partial charge in [-0.1, -0.05) is 0 Å². The van der Waals surface area contributed by atoms with E-state index < -0.39 is 0 Å². The lowest BCUT2D eigenvalue weighted by Crippen LogP contribution is -2.43. The molecule has 0 aliphatic carbocycles. The minimum absolute atomic E-state index is 0.134. The third-order valence-corrected chi connectivity index (χ3v) is 4.51. The lowest BCUT2D eigenvalue weighted by atomic mass is 10.0. The van der Waals surface area contributed by atoms with Crippen molar-refractivity contribution in [1.82, 2.24) is 14.7 Å². The van der Waals surface area contributed by atoms with Gasteiger partial charge in [0, 0.05) is 43.1 Å². The van der Waals surface area contributed by atoms with Crippen molar-refractivity contribution in [2.45, 2.75) is 65.7 Å². The van der Waals surface area contributed by atoms with Crippen LogP contribution in [-0.2, 0) is 17.8 Å². The van der Waals surface area contributed by atoms with Crippen LogP contribution in [-0.4, -0.2) is 51.7 Å². The highest BCUT2D eigenvalue weighted by Gasteiger charge is 2.25. The van der Waals surface area contributed by atoms with Gasteiger partial charge in [0.1, 0.15) is 0 Å². The monoisotopic (exact) mass is 295 g/mol. The standard InChI is InChI=1S/C16H29N3O2/c1-12(2)18(15-5-9-21-10-6-15)11-16-13(3)17-19(7-8-20)14(16)4/h12,15,20H,5-11H2,1-4H3. The zero-order valence-electron chi connectivity index (χ0n) is 13.8. The zero-order valence-corrected chi connectivity index (χ0v) is 13.8. The maximum Gasteiger partial charge on any atom is 0.0644 e. The molecule has 5 nitrogen and oxygen atoms in total. The summed E-state index contributed by atoms with van der Waals surface area (Å²) in [5.41, 5.74) is 3.57. The van der Waals surface area contributed by atoms with Gasteiger partial charge in [-0.05, 0) is 40.5 Å². The predicted molar refractivity (Wildman–Crippen MR) is 83.3 cm³/mol. The molecule has 1 aliphatic rings. The number of ether oxygens (including phenoxy) is 1. The maximum absolute atomic E-state index is 9.13. The molecule has 0 unspecified atom stereocenters. The molecule has 1 aliphatic heterocycles. The summed E-state index contributed by atoms with van der Waals surface area (Å²) in [4.78, 5) is 2.57. The SMILES string of the molecule is Cc1nn(CCO)c(C)c1CN(C(C)C)C1CCOCC1. The zero-order chi connectivity index (χ0) is 15.4. The molecule has 0 amide bonds. The van der Waals surface area contributed by atoms with E-state index in [0.717, 1.165) is 38.3 Å². The third kappa shape index (κ3) is 3.84. The number of aromatic nitrogens is 2. The van der Waals surface area contributed by atoms with Gasteiger partial charge in [0.15, 0.2) is 0 Å². The van der Waals surface area contributed by atoms with Crippen LogP contribution < -0.4 is 0 Å². The molecule has 0 spiro atoms. The van der Waals surface area contributed by atoms with Gasteiger partial charge in [0.2, 0.25) is 0 Å². The predicted octanol–water partition coefficient (Wildman–Crippen LogP) is 1.88. The van der Waals surface area contributed by atoms with Crippen LogP contribution in [0.25, 0.3) is 0 Å². The lowest BCUT2D eigenvalue weighted by Gasteiger charge is -2.37. The molecule has 1 aromatic heterocycles. The molecular formula is C16H29N3O2. The highest BCUT2D eigenvalue weighted by atomic mass is 16.5. The molecule has 120 valence electrons. The van der Waals surface area contributed by atoms with Gasteiger partial charge in [-0.25, -0.2) is 0 Å². The summed E-state index contributed by atoms with van der Waals surface area (Å²) in [6, 6.07) is 1.10. The van der Waals surface area contributed by atoms with E-state index >= 15 is 0 Å². The number of aryl methyl sites for hydroxylation is 1. The summed E-state index contributed by atoms with van der Waals surface area (Å²) < 4.78 is 7.42. The molecule has 0 atom stereocenters. The van der Waals surface area contributed by atoms with Gasteiger partial charge in [0.05, 0.1) is 18.8 Å². The third-order valence-electron chi connectivity index (χ3n) is 4.51. The quantitative estimate of drug-likeness (QED) is 0.870. The molecule has 2 rings (SSSR count). The average molecular weight is 295 g/mol. The van der Waals surface area contributed by atoms with Gasteiger partial charge in [-0.15, -0.1) is 0 Å². The normalized spacial score (nSPS) is 17.1. The fraction of sp³-hybridized carbons (Fsp3) is 0.812. The summed E-state index contributed by atoms with van der Waals surface area (Å²) in [5.74, 6) is 0. The summed E-state index contributed by atoms with van der Waals surface area (Å²) in [6.45, 7) is 12.1. The second-order valence-electron chi connectivity index (χ2n) is 6.21. The Balaban J connectivity index is 2.16. The first-order valence-corrected chi connectivity index (χ1v) is 8.01. The second kappa shape index (κ2) is 7.38. The van der Waals surface area contributed by atoms with Crippen LogP contribution in [0, 0.1) is 13.8 Å². The smallest absolute Gasteiger partial charge is 0.0644 e. The highest BCUT2D eigenvalue weighted by Crippen LogP contribution is 2.23. The fourth-order valence-electron chi connectivity index (χ4n) is 3.21. The van der Waals surface area contributed by atoms with E-state index in [0.29, 0.717) is 18.6 Å². The molecule has 1 fully saturated rings. The Kier molecular flexibility index (Phi) is 5.79. The molecule has 1 N–H and O–H groups in total. The van der Waals surface area contributed by atoms with Gasteiger partial charge in [0.25, 0.3) is 0 Å². The van der Waals surface area contributed by atoms with Gasteiger partial charge in [-0.2, -0.15) is 5.10 Å². The summed E-state index contributed by atoms with van der Waals surface area (Å²) in [5, 5.41) is 13.7. The van der Waals surface area contributed by atoms with Crippen molar-refractivity contribution in [2.24, 2.45) is 0 Å². The molecule has 21 heavy (non-hydrogen) atoms. The summed E-state index contributed by atoms with van der Waals surface area (Å²) in [6.07, 6.45) is 2.22. The first-order chi connectivity index (χ1) is 10.0. The Hall–Kier alpha value is -0.910. The van der Waals surface area contributed by atoms with Crippen LogP contribution >= 0.6 is 0 Å². The molecule has 0 aromatic carbocycles. The van der Waals surface area contributed by atoms with E-state index in [1.165, 1.54) is 11.3 Å². The van der Waals surface area contributed by atoms with Crippen LogP contribution in [0.5, 0.6) is 0 Å². The summed E-state index contributed by atoms with van der Waals surface area (Å²) >= 11 is 0. The molecule has 2 heterocycles. The van der Waals surface area contributed by atoms with E-state index in [4.69, 9.17) is 9.84 Å². The molecule has 0 saturated carbocycles. The number of nitrogens with zero attached hydrogens (tertiary/aromatic N) is 3. The number of aliphatic hydroxyl groups excluding tert-OH is 1. The van der Waals surface area contributed by atoms with Gasteiger partial charge in [-0.3, -0.25) is 9.58 Å². The van der Waals surface area contributed by atoms with Crippen LogP contribution in [0.2, 0.25) is 0 Å². The van der Waals surface area contributed by atoms with Crippen LogP contribution in [0.15, 0.2) is 0 Å². The van der Waals surface area contributed by atoms with Crippen molar-refractivity contribution in [3.63, 3.8) is 0 Å². The Labute approximate surface area is 127 Å². The number of rotatable bonds is 6. The van der Waals surface area contributed by atoms with E-state index in [2.05, 4.69) is 37.7 Å². The molecular weight excluding hydrogens is 266 g/mol. The van der Waals surface area contributed by atoms with Crippen molar-refractivity contribution in [3.8, 4) is 0 Å². The van der Waals surface area contributed by atoms with Crippen LogP contribution in [0.3, 0.4) is 0 Å². The molecule has 0 radical (unpaired) electrons. The van der Waals surface area contributed by atoms with E-state index in [9.17, 15) is 0 Å². The molecule has 1 saturated heterocycles. The first kappa shape index (κ1) is 16.5. The Morgan fingerprint density at radius 2 is 2.00 bits per heavy atom. The average Bonchev–Trinajstić information content (AvgIpc) is 2.72. The second-order valence-corrected chi connectivity index (χ2v) is 6.21. The molecule has 0 bridgehead atoms. The van der Waals surface area contributed by atoms with Crippen molar-refractivity contribution >= 4 is 0 Å². The van der Waals surface area contributed by atoms with Crippen molar-refractivity contribution in [2.75, 3.05) is 19.8 Å². The topological polar surface area (TPSA) is 50.5 Å². The van der Waals surface area contributed by atoms with E-state index in [1.807, 2.05) is 4.68 Å². The Bertz CT molecular complexity index is 451. The van der Waals surface area contributed by atoms with E-state index in [-0.39, 0.29) is 6.61 Å². The minimum atomic E-state index is 0.134. The fourth-order valence-corrected chi connectivity index (χ4v) is 3.21. The molecule has 1 aromatic rings. The highest BCUT2D eigenvalue weighted by molar-refractivity contribution is 5.24. The largest absolute Gasteiger partial charge is 0.394 e. The van der Waals surface area contributed by atoms with E-state index in [1.54, 1.807) is 0 Å². The summed E-state index contributed by atoms with van der Waals surface area (Å²) in [7, 11) is 0. The maximum atomic E-state index is 9.13. The van der Waals surface area contributed by atoms with Crippen molar-refractivity contribution < 1.29 is 9.84 Å². The van der Waals surface area contributed by atoms with Gasteiger partial charge >= 0.3 is 0 Å². The Morgan fingerprint density at radius 1 is 1.33 bits per heavy atom. The minimum Gasteiger partial charge on any atom is -0.394 e. The van der Waals surface area contributed by atoms with Crippen LogP contribution in [0.4, 0.5) is 0 Å². The number of hydrogen-bond acceptors (Lipinski definition) is 4. The van der Waals surface area contributed by atoms with Crippen molar-refractivity contribution in [3.05, 3.63) is 17.0 Å². The van der Waals surface area contributed by atoms with Crippen LogP contribution in [0.1, 0.15) is 43.6 Å². The number of hydrogen-bond donors (Lipinski definition) is 1. The molecule has 5 heteroatoms. The van der Waals surface area contributed by atoms with Crippen molar-refractivity contribution in [1.29, 1.82) is 0 Å².